The van der Waals surface area contributed by atoms with Gasteiger partial charge in [-0.3, -0.25) is 4.79 Å². The van der Waals surface area contributed by atoms with E-state index in [2.05, 4.69) is 0 Å². The number of carbonyl (C=O) groups is 1. The van der Waals surface area contributed by atoms with Crippen LogP contribution in [-0.2, 0) is 20.9 Å². The van der Waals surface area contributed by atoms with Gasteiger partial charge in [-0.2, -0.15) is 13.2 Å². The second-order valence-electron chi connectivity index (χ2n) is 4.62. The highest BCUT2D eigenvalue weighted by atomic mass is 32.2. The first-order valence-corrected chi connectivity index (χ1v) is 7.64. The van der Waals surface area contributed by atoms with E-state index in [4.69, 9.17) is 4.74 Å². The Labute approximate surface area is 118 Å². The first-order valence-electron chi connectivity index (χ1n) is 6.09. The van der Waals surface area contributed by atoms with Crippen molar-refractivity contribution in [2.24, 2.45) is 0 Å². The van der Waals surface area contributed by atoms with Gasteiger partial charge in [-0.15, -0.1) is 0 Å². The predicted molar refractivity (Wildman–Crippen MR) is 66.0 cm³/mol. The quantitative estimate of drug-likeness (QED) is 0.875. The second-order valence-corrected chi connectivity index (χ2v) is 6.58. The number of hydrogen-bond donors (Lipinski definition) is 2. The minimum absolute atomic E-state index is 0.0381. The van der Waals surface area contributed by atoms with Crippen LogP contribution in [0.1, 0.15) is 28.9 Å². The van der Waals surface area contributed by atoms with Gasteiger partial charge in [0, 0.05) is 12.8 Å². The number of aromatic amines is 1. The minimum Gasteiger partial charge on any atom is -0.380 e. The van der Waals surface area contributed by atoms with Crippen LogP contribution in [0.5, 0.6) is 0 Å². The molecule has 1 amide bonds. The topological polar surface area (TPSA) is 88.3 Å². The fraction of sp³-hybridized carbons (Fsp3) is 0.545. The van der Waals surface area contributed by atoms with Crippen molar-refractivity contribution in [3.8, 4) is 0 Å². The van der Waals surface area contributed by atoms with Crippen LogP contribution < -0.4 is 4.72 Å². The molecule has 0 aliphatic carbocycles. The smallest absolute Gasteiger partial charge is 0.380 e. The Balaban J connectivity index is 2.08. The van der Waals surface area contributed by atoms with Crippen LogP contribution in [0.25, 0.3) is 0 Å². The molecule has 0 bridgehead atoms. The lowest BCUT2D eigenvalue weighted by Crippen LogP contribution is -2.42. The lowest BCUT2D eigenvalue weighted by atomic mass is 10.2. The van der Waals surface area contributed by atoms with E-state index in [0.717, 1.165) is 6.20 Å². The van der Waals surface area contributed by atoms with Gasteiger partial charge in [-0.25, -0.2) is 13.1 Å². The fourth-order valence-electron chi connectivity index (χ4n) is 1.92. The summed E-state index contributed by atoms with van der Waals surface area (Å²) in [6.07, 6.45) is -2.94. The molecule has 2 heterocycles. The van der Waals surface area contributed by atoms with Crippen LogP contribution in [-0.4, -0.2) is 37.8 Å². The molecule has 2 N–H and O–H groups in total. The maximum atomic E-state index is 12.4. The highest BCUT2D eigenvalue weighted by molar-refractivity contribution is 7.90. The van der Waals surface area contributed by atoms with Gasteiger partial charge in [0.25, 0.3) is 5.91 Å². The molecule has 1 aromatic rings. The van der Waals surface area contributed by atoms with E-state index < -0.39 is 38.6 Å². The van der Waals surface area contributed by atoms with Gasteiger partial charge in [0.2, 0.25) is 10.0 Å². The molecule has 1 saturated heterocycles. The summed E-state index contributed by atoms with van der Waals surface area (Å²) < 4.78 is 67.8. The Morgan fingerprint density at radius 1 is 1.43 bits per heavy atom. The number of H-pyrrole nitrogens is 1. The molecule has 1 fully saturated rings. The molecule has 1 aliphatic rings. The summed E-state index contributed by atoms with van der Waals surface area (Å²) in [5.41, 5.74) is -1.52. The third kappa shape index (κ3) is 3.76. The zero-order valence-electron chi connectivity index (χ0n) is 10.7. The van der Waals surface area contributed by atoms with E-state index >= 15 is 0 Å². The van der Waals surface area contributed by atoms with Crippen molar-refractivity contribution in [1.82, 2.24) is 9.71 Å². The molecule has 1 aliphatic heterocycles. The number of rotatable bonds is 3. The van der Waals surface area contributed by atoms with E-state index in [1.807, 2.05) is 4.98 Å². The van der Waals surface area contributed by atoms with Crippen LogP contribution in [0.15, 0.2) is 12.3 Å². The summed E-state index contributed by atoms with van der Waals surface area (Å²) in [5, 5.41) is -0.878. The van der Waals surface area contributed by atoms with Gasteiger partial charge in [-0.1, -0.05) is 0 Å². The molecule has 1 atom stereocenters. The Morgan fingerprint density at radius 3 is 2.67 bits per heavy atom. The molecule has 0 radical (unpaired) electrons. The lowest BCUT2D eigenvalue weighted by molar-refractivity contribution is -0.140. The number of sulfonamides is 1. The molecular formula is C11H13F3N2O4S. The van der Waals surface area contributed by atoms with Gasteiger partial charge in [0.05, 0.1) is 12.2 Å². The number of carbonyl (C=O) groups excluding carboxylic acids is 1. The van der Waals surface area contributed by atoms with Crippen LogP contribution in [0.4, 0.5) is 13.2 Å². The molecule has 0 saturated carbocycles. The average Bonchev–Trinajstić information content (AvgIpc) is 2.89. The summed E-state index contributed by atoms with van der Waals surface area (Å²) in [4.78, 5) is 13.6. The molecule has 21 heavy (non-hydrogen) atoms. The normalized spacial score (nSPS) is 20.2. The lowest BCUT2D eigenvalue weighted by Gasteiger charge is -2.22. The van der Waals surface area contributed by atoms with E-state index in [0.29, 0.717) is 25.5 Å². The standard InChI is InChI=1S/C11H13F3N2O4S/c12-11(13,14)9-4-7(5-15-9)10(17)16-21(18,19)8-2-1-3-20-6-8/h4-5,8,15H,1-3,6H2,(H,16,17)/t8-/m0/s1. The van der Waals surface area contributed by atoms with Gasteiger partial charge in [-0.05, 0) is 18.9 Å². The molecule has 10 heteroatoms. The molecule has 0 unspecified atom stereocenters. The molecular weight excluding hydrogens is 313 g/mol. The highest BCUT2D eigenvalue weighted by Gasteiger charge is 2.34. The SMILES string of the molecule is O=C(NS(=O)(=O)[C@H]1CCCOC1)c1c[nH]c(C(F)(F)F)c1. The predicted octanol–water partition coefficient (Wildman–Crippen LogP) is 1.27. The minimum atomic E-state index is -4.63. The summed E-state index contributed by atoms with van der Waals surface area (Å²) in [6.45, 7) is 0.413. The molecule has 0 spiro atoms. The molecule has 2 rings (SSSR count). The number of nitrogens with one attached hydrogen (secondary N) is 2. The third-order valence-electron chi connectivity index (χ3n) is 3.04. The summed E-state index contributed by atoms with van der Waals surface area (Å²) >= 11 is 0. The summed E-state index contributed by atoms with van der Waals surface area (Å²) in [6, 6.07) is 0.558. The third-order valence-corrected chi connectivity index (χ3v) is 4.76. The number of halogens is 3. The summed E-state index contributed by atoms with van der Waals surface area (Å²) in [5.74, 6) is -1.10. The van der Waals surface area contributed by atoms with Gasteiger partial charge in [0.15, 0.2) is 0 Å². The van der Waals surface area contributed by atoms with E-state index in [1.165, 1.54) is 0 Å². The van der Waals surface area contributed by atoms with Gasteiger partial charge >= 0.3 is 6.18 Å². The molecule has 118 valence electrons. The monoisotopic (exact) mass is 326 g/mol. The average molecular weight is 326 g/mol. The molecule has 6 nitrogen and oxygen atoms in total. The molecule has 1 aromatic heterocycles. The maximum Gasteiger partial charge on any atom is 0.431 e. The van der Waals surface area contributed by atoms with E-state index in [1.54, 1.807) is 4.72 Å². The van der Waals surface area contributed by atoms with Crippen LogP contribution in [0.2, 0.25) is 0 Å². The zero-order valence-corrected chi connectivity index (χ0v) is 11.6. The van der Waals surface area contributed by atoms with Crippen molar-refractivity contribution >= 4 is 15.9 Å². The van der Waals surface area contributed by atoms with Crippen molar-refractivity contribution in [2.45, 2.75) is 24.3 Å². The first-order chi connectivity index (χ1) is 9.70. The zero-order chi connectivity index (χ0) is 15.7. The Kier molecular flexibility index (Phi) is 4.28. The summed E-state index contributed by atoms with van der Waals surface area (Å²) in [7, 11) is -3.98. The van der Waals surface area contributed by atoms with Crippen molar-refractivity contribution in [3.05, 3.63) is 23.5 Å². The van der Waals surface area contributed by atoms with Gasteiger partial charge < -0.3 is 9.72 Å². The van der Waals surface area contributed by atoms with E-state index in [9.17, 15) is 26.4 Å². The number of amides is 1. The number of hydrogen-bond acceptors (Lipinski definition) is 4. The number of aromatic nitrogens is 1. The Hall–Kier alpha value is -1.55. The van der Waals surface area contributed by atoms with Gasteiger partial charge in [0.1, 0.15) is 10.9 Å². The second kappa shape index (κ2) is 5.68. The fourth-order valence-corrected chi connectivity index (χ4v) is 3.21. The Bertz CT molecular complexity index is 618. The van der Waals surface area contributed by atoms with Crippen molar-refractivity contribution in [3.63, 3.8) is 0 Å². The maximum absolute atomic E-state index is 12.4. The van der Waals surface area contributed by atoms with Crippen molar-refractivity contribution in [1.29, 1.82) is 0 Å². The highest BCUT2D eigenvalue weighted by Crippen LogP contribution is 2.28. The number of ether oxygens (including phenoxy) is 1. The van der Waals surface area contributed by atoms with Crippen molar-refractivity contribution in [2.75, 3.05) is 13.2 Å². The van der Waals surface area contributed by atoms with Crippen LogP contribution in [0, 0.1) is 0 Å². The van der Waals surface area contributed by atoms with Crippen LogP contribution in [0.3, 0.4) is 0 Å². The van der Waals surface area contributed by atoms with Crippen molar-refractivity contribution < 1.29 is 31.1 Å². The van der Waals surface area contributed by atoms with Crippen LogP contribution >= 0.6 is 0 Å². The Morgan fingerprint density at radius 2 is 2.14 bits per heavy atom. The molecule has 0 aromatic carbocycles. The first kappa shape index (κ1) is 15.8. The number of alkyl halides is 3. The largest absolute Gasteiger partial charge is 0.431 e. The van der Waals surface area contributed by atoms with E-state index in [-0.39, 0.29) is 6.61 Å².